The minimum atomic E-state index is -1.02. The molecule has 0 saturated heterocycles. The molecule has 1 unspecified atom stereocenters. The van der Waals surface area contributed by atoms with Gasteiger partial charge in [0.15, 0.2) is 11.0 Å². The molecule has 0 radical (unpaired) electrons. The third-order valence-electron chi connectivity index (χ3n) is 3.94. The van der Waals surface area contributed by atoms with Crippen molar-refractivity contribution in [2.75, 3.05) is 18.9 Å². The van der Waals surface area contributed by atoms with Gasteiger partial charge in [-0.05, 0) is 48.2 Å². The second-order valence-corrected chi connectivity index (χ2v) is 8.11. The Morgan fingerprint density at radius 2 is 1.84 bits per heavy atom. The van der Waals surface area contributed by atoms with Crippen LogP contribution in [-0.2, 0) is 0 Å². The molecule has 1 amide bonds. The van der Waals surface area contributed by atoms with Gasteiger partial charge in [-0.2, -0.15) is 9.97 Å². The van der Waals surface area contributed by atoms with Crippen LogP contribution in [0.4, 0.5) is 5.95 Å². The topological polar surface area (TPSA) is 154 Å². The molecule has 0 aliphatic carbocycles. The fourth-order valence-electron chi connectivity index (χ4n) is 2.40. The number of nitrogens with zero attached hydrogens (tertiary/aromatic N) is 3. The number of nitrogens with two attached hydrogens (primary N) is 1. The maximum absolute atomic E-state index is 12.1. The van der Waals surface area contributed by atoms with E-state index in [0.717, 1.165) is 4.90 Å². The average Bonchev–Trinajstić information content (AvgIpc) is 2.74. The highest BCUT2D eigenvalue weighted by Gasteiger charge is 2.15. The first-order chi connectivity index (χ1) is 14.8. The molecule has 162 valence electrons. The second-order valence-electron chi connectivity index (χ2n) is 6.26. The van der Waals surface area contributed by atoms with Gasteiger partial charge in [0.05, 0.1) is 22.8 Å². The number of benzene rings is 2. The summed E-state index contributed by atoms with van der Waals surface area (Å²) in [4.78, 5) is 25.3. The molecule has 0 aliphatic rings. The number of amides is 1. The summed E-state index contributed by atoms with van der Waals surface area (Å²) >= 11 is 13.2. The van der Waals surface area contributed by atoms with E-state index in [9.17, 15) is 15.0 Å². The smallest absolute Gasteiger partial charge is 0.251 e. The number of carbonyl (C=O) groups is 1. The molecule has 6 N–H and O–H groups in total. The van der Waals surface area contributed by atoms with Gasteiger partial charge in [0.2, 0.25) is 5.95 Å². The van der Waals surface area contributed by atoms with Crippen LogP contribution in [0.3, 0.4) is 0 Å². The Morgan fingerprint density at radius 3 is 2.52 bits per heavy atom. The van der Waals surface area contributed by atoms with Crippen LogP contribution < -0.4 is 11.1 Å². The van der Waals surface area contributed by atoms with Gasteiger partial charge in [-0.1, -0.05) is 23.2 Å². The van der Waals surface area contributed by atoms with Crippen LogP contribution in [0.1, 0.15) is 10.4 Å². The maximum atomic E-state index is 12.1. The number of nitrogens with one attached hydrogen (secondary N) is 1. The molecule has 2 aromatic carbocycles. The summed E-state index contributed by atoms with van der Waals surface area (Å²) in [6.45, 7) is -0.491. The van der Waals surface area contributed by atoms with Crippen molar-refractivity contribution < 1.29 is 20.1 Å². The van der Waals surface area contributed by atoms with E-state index in [1.54, 1.807) is 24.3 Å². The predicted octanol–water partition coefficient (Wildman–Crippen LogP) is 2.37. The first-order valence-electron chi connectivity index (χ1n) is 8.81. The van der Waals surface area contributed by atoms with Crippen molar-refractivity contribution in [2.45, 2.75) is 16.2 Å². The van der Waals surface area contributed by atoms with E-state index in [0.29, 0.717) is 11.1 Å². The largest absolute Gasteiger partial charge is 0.506 e. The lowest BCUT2D eigenvalue weighted by atomic mass is 10.2. The summed E-state index contributed by atoms with van der Waals surface area (Å²) in [6.07, 6.45) is -1.02. The van der Waals surface area contributed by atoms with Crippen LogP contribution in [-0.4, -0.2) is 55.4 Å². The number of hydrogen-bond acceptors (Lipinski definition) is 9. The molecule has 0 aliphatic heterocycles. The summed E-state index contributed by atoms with van der Waals surface area (Å²) in [6, 6.07) is 9.32. The van der Waals surface area contributed by atoms with Crippen LogP contribution in [0, 0.1) is 0 Å². The zero-order valence-corrected chi connectivity index (χ0v) is 18.1. The lowest BCUT2D eigenvalue weighted by molar-refractivity contribution is 0.0802. The zero-order valence-electron chi connectivity index (χ0n) is 15.8. The molecule has 12 heteroatoms. The van der Waals surface area contributed by atoms with Crippen LogP contribution in [0.25, 0.3) is 11.4 Å². The van der Waals surface area contributed by atoms with E-state index in [2.05, 4.69) is 20.3 Å². The molecule has 0 bridgehead atoms. The van der Waals surface area contributed by atoms with Crippen molar-refractivity contribution in [2.24, 2.45) is 0 Å². The maximum Gasteiger partial charge on any atom is 0.251 e. The number of phenolic OH excluding ortho intramolecular Hbond substituents is 1. The standard InChI is InChI=1S/C19H17Cl2N5O4S/c20-13-6-14(21)15(29)5-12(13)16-24-18(22)26-19(25-16)31-11-3-1-9(2-4-11)17(30)23-7-10(28)8-27/h1-6,10,27-29H,7-8H2,(H,23,30)(H2,22,24,25,26). The number of aliphatic hydroxyl groups excluding tert-OH is 2. The Kier molecular flexibility index (Phi) is 7.52. The van der Waals surface area contributed by atoms with Crippen molar-refractivity contribution in [3.63, 3.8) is 0 Å². The first kappa shape index (κ1) is 23.0. The fraction of sp³-hybridized carbons (Fsp3) is 0.158. The molecular formula is C19H17Cl2N5O4S. The normalized spacial score (nSPS) is 11.9. The number of anilines is 1. The van der Waals surface area contributed by atoms with Crippen LogP contribution >= 0.6 is 35.0 Å². The highest BCUT2D eigenvalue weighted by molar-refractivity contribution is 7.99. The number of carbonyl (C=O) groups excluding carboxylic acids is 1. The Bertz CT molecular complexity index is 1100. The van der Waals surface area contributed by atoms with E-state index >= 15 is 0 Å². The molecule has 3 rings (SSSR count). The number of halogens is 2. The minimum Gasteiger partial charge on any atom is -0.506 e. The quantitative estimate of drug-likeness (QED) is 0.341. The highest BCUT2D eigenvalue weighted by Crippen LogP contribution is 2.35. The number of hydrogen-bond donors (Lipinski definition) is 5. The third-order valence-corrected chi connectivity index (χ3v) is 5.43. The van der Waals surface area contributed by atoms with Crippen LogP contribution in [0.5, 0.6) is 5.75 Å². The molecule has 0 saturated carbocycles. The Labute approximate surface area is 191 Å². The number of phenols is 1. The van der Waals surface area contributed by atoms with E-state index in [-0.39, 0.29) is 45.2 Å². The van der Waals surface area contributed by atoms with E-state index < -0.39 is 12.7 Å². The number of rotatable bonds is 7. The number of nitrogen functional groups attached to an aromatic ring is 1. The van der Waals surface area contributed by atoms with Gasteiger partial charge in [-0.25, -0.2) is 4.98 Å². The molecule has 3 aromatic rings. The van der Waals surface area contributed by atoms with Crippen molar-refractivity contribution in [1.82, 2.24) is 20.3 Å². The zero-order chi connectivity index (χ0) is 22.5. The monoisotopic (exact) mass is 481 g/mol. The lowest BCUT2D eigenvalue weighted by Crippen LogP contribution is -2.33. The van der Waals surface area contributed by atoms with Crippen molar-refractivity contribution in [3.05, 3.63) is 52.0 Å². The molecule has 9 nitrogen and oxygen atoms in total. The second kappa shape index (κ2) is 10.1. The fourth-order valence-corrected chi connectivity index (χ4v) is 3.63. The molecule has 0 fully saturated rings. The van der Waals surface area contributed by atoms with Gasteiger partial charge < -0.3 is 26.4 Å². The summed E-state index contributed by atoms with van der Waals surface area (Å²) in [7, 11) is 0. The van der Waals surface area contributed by atoms with Gasteiger partial charge in [-0.15, -0.1) is 0 Å². The molecule has 1 atom stereocenters. The first-order valence-corrected chi connectivity index (χ1v) is 10.4. The van der Waals surface area contributed by atoms with E-state index in [4.69, 9.17) is 34.0 Å². The molecule has 0 spiro atoms. The van der Waals surface area contributed by atoms with Gasteiger partial charge in [-0.3, -0.25) is 4.79 Å². The van der Waals surface area contributed by atoms with E-state index in [1.165, 1.54) is 23.9 Å². The number of aromatic hydroxyl groups is 1. The Hall–Kier alpha value is -2.63. The molecule has 31 heavy (non-hydrogen) atoms. The van der Waals surface area contributed by atoms with Crippen LogP contribution in [0.15, 0.2) is 46.5 Å². The van der Waals surface area contributed by atoms with Gasteiger partial charge in [0, 0.05) is 22.6 Å². The summed E-state index contributed by atoms with van der Waals surface area (Å²) in [5.74, 6) is -0.413. The Balaban J connectivity index is 1.78. The average molecular weight is 482 g/mol. The van der Waals surface area contributed by atoms with Crippen molar-refractivity contribution >= 4 is 46.8 Å². The third kappa shape index (κ3) is 5.96. The van der Waals surface area contributed by atoms with Crippen molar-refractivity contribution in [1.29, 1.82) is 0 Å². The number of aromatic nitrogens is 3. The van der Waals surface area contributed by atoms with Crippen molar-refractivity contribution in [3.8, 4) is 17.1 Å². The van der Waals surface area contributed by atoms with Crippen LogP contribution in [0.2, 0.25) is 10.0 Å². The number of aliphatic hydroxyl groups is 2. The van der Waals surface area contributed by atoms with Gasteiger partial charge in [0.1, 0.15) is 5.75 Å². The summed E-state index contributed by atoms with van der Waals surface area (Å²) in [5.41, 5.74) is 6.53. The Morgan fingerprint density at radius 1 is 1.13 bits per heavy atom. The predicted molar refractivity (Wildman–Crippen MR) is 117 cm³/mol. The van der Waals surface area contributed by atoms with Gasteiger partial charge >= 0.3 is 0 Å². The molecular weight excluding hydrogens is 465 g/mol. The lowest BCUT2D eigenvalue weighted by Gasteiger charge is -2.09. The molecule has 1 heterocycles. The summed E-state index contributed by atoms with van der Waals surface area (Å²) in [5, 5.41) is 31.1. The SMILES string of the molecule is Nc1nc(Sc2ccc(C(=O)NCC(O)CO)cc2)nc(-c2cc(O)c(Cl)cc2Cl)n1. The molecule has 1 aromatic heterocycles. The summed E-state index contributed by atoms with van der Waals surface area (Å²) < 4.78 is 0. The van der Waals surface area contributed by atoms with E-state index in [1.807, 2.05) is 0 Å². The minimum absolute atomic E-state index is 0.0311. The highest BCUT2D eigenvalue weighted by atomic mass is 35.5. The van der Waals surface area contributed by atoms with Gasteiger partial charge in [0.25, 0.3) is 5.91 Å².